The number of ketones is 1. The summed E-state index contributed by atoms with van der Waals surface area (Å²) in [7, 11) is 1.07. The molecular formula is C15H16ClFN4O3. The second kappa shape index (κ2) is 7.60. The molecule has 0 atom stereocenters. The van der Waals surface area contributed by atoms with Gasteiger partial charge < -0.3 is 21.5 Å². The summed E-state index contributed by atoms with van der Waals surface area (Å²) in [5.74, 6) is -3.13. The fourth-order valence-electron chi connectivity index (χ4n) is 1.84. The highest BCUT2D eigenvalue weighted by atomic mass is 35.5. The van der Waals surface area contributed by atoms with Crippen LogP contribution in [0.4, 0.5) is 10.1 Å². The minimum absolute atomic E-state index is 0.0148. The summed E-state index contributed by atoms with van der Waals surface area (Å²) >= 11 is 5.71. The Balaban J connectivity index is 3.41. The molecule has 0 aromatic heterocycles. The van der Waals surface area contributed by atoms with Gasteiger partial charge in [0.15, 0.2) is 11.6 Å². The number of esters is 1. The third-order valence-electron chi connectivity index (χ3n) is 2.99. The van der Waals surface area contributed by atoms with Gasteiger partial charge in [-0.2, -0.15) is 0 Å². The molecule has 1 aromatic rings. The monoisotopic (exact) mass is 354 g/mol. The van der Waals surface area contributed by atoms with Crippen LogP contribution in [-0.4, -0.2) is 24.7 Å². The highest BCUT2D eigenvalue weighted by Crippen LogP contribution is 2.27. The first-order chi connectivity index (χ1) is 11.1. The number of halogens is 2. The molecule has 24 heavy (non-hydrogen) atoms. The molecule has 0 aliphatic carbocycles. The van der Waals surface area contributed by atoms with E-state index in [2.05, 4.69) is 16.6 Å². The molecule has 0 saturated heterocycles. The number of methoxy groups -OCH3 is 1. The first kappa shape index (κ1) is 19.2. The van der Waals surface area contributed by atoms with Crippen LogP contribution in [0.2, 0.25) is 5.02 Å². The SMILES string of the molecule is C=C(NC(C(=O)OC)=C(C(=N)N)C(C)=O)c1ccc(Cl)c(N)c1F. The number of amidine groups is 1. The van der Waals surface area contributed by atoms with Crippen molar-refractivity contribution in [2.75, 3.05) is 12.8 Å². The van der Waals surface area contributed by atoms with Gasteiger partial charge in [0.25, 0.3) is 0 Å². The van der Waals surface area contributed by atoms with Gasteiger partial charge in [-0.3, -0.25) is 10.2 Å². The fraction of sp³-hybridized carbons (Fsp3) is 0.133. The van der Waals surface area contributed by atoms with Crippen molar-refractivity contribution < 1.29 is 18.7 Å². The molecule has 0 aliphatic heterocycles. The molecule has 0 aliphatic rings. The first-order valence-electron chi connectivity index (χ1n) is 6.49. The van der Waals surface area contributed by atoms with E-state index in [4.69, 9.17) is 28.5 Å². The van der Waals surface area contributed by atoms with Gasteiger partial charge in [0.05, 0.1) is 23.4 Å². The van der Waals surface area contributed by atoms with Gasteiger partial charge in [-0.05, 0) is 19.1 Å². The van der Waals surface area contributed by atoms with Crippen molar-refractivity contribution in [3.8, 4) is 0 Å². The number of carbonyl (C=O) groups excluding carboxylic acids is 2. The lowest BCUT2D eigenvalue weighted by molar-refractivity contribution is -0.136. The quantitative estimate of drug-likeness (QED) is 0.201. The van der Waals surface area contributed by atoms with Crippen LogP contribution in [0.1, 0.15) is 12.5 Å². The summed E-state index contributed by atoms with van der Waals surface area (Å²) < 4.78 is 18.7. The van der Waals surface area contributed by atoms with Crippen LogP contribution in [0.25, 0.3) is 5.70 Å². The summed E-state index contributed by atoms with van der Waals surface area (Å²) in [4.78, 5) is 23.6. The summed E-state index contributed by atoms with van der Waals surface area (Å²) in [5.41, 5.74) is 9.52. The zero-order valence-corrected chi connectivity index (χ0v) is 13.8. The maximum Gasteiger partial charge on any atom is 0.355 e. The Morgan fingerprint density at radius 1 is 1.42 bits per heavy atom. The van der Waals surface area contributed by atoms with Crippen LogP contribution >= 0.6 is 11.6 Å². The molecule has 0 fully saturated rings. The number of anilines is 1. The minimum Gasteiger partial charge on any atom is -0.464 e. The Morgan fingerprint density at radius 2 is 2.00 bits per heavy atom. The van der Waals surface area contributed by atoms with E-state index in [1.165, 1.54) is 12.1 Å². The highest BCUT2D eigenvalue weighted by molar-refractivity contribution is 6.33. The normalized spacial score (nSPS) is 11.3. The maximum atomic E-state index is 14.2. The van der Waals surface area contributed by atoms with Crippen molar-refractivity contribution >= 4 is 40.6 Å². The van der Waals surface area contributed by atoms with Crippen LogP contribution in [0.5, 0.6) is 0 Å². The molecule has 0 saturated carbocycles. The van der Waals surface area contributed by atoms with E-state index in [9.17, 15) is 14.0 Å². The molecule has 6 N–H and O–H groups in total. The van der Waals surface area contributed by atoms with Gasteiger partial charge in [-0.15, -0.1) is 0 Å². The first-order valence-corrected chi connectivity index (χ1v) is 6.87. The van der Waals surface area contributed by atoms with Crippen LogP contribution < -0.4 is 16.8 Å². The lowest BCUT2D eigenvalue weighted by Gasteiger charge is -2.16. The molecule has 9 heteroatoms. The fourth-order valence-corrected chi connectivity index (χ4v) is 1.98. The zero-order valence-electron chi connectivity index (χ0n) is 13.0. The van der Waals surface area contributed by atoms with E-state index in [0.29, 0.717) is 0 Å². The molecule has 7 nitrogen and oxygen atoms in total. The average Bonchev–Trinajstić information content (AvgIpc) is 2.50. The molecule has 0 amide bonds. The number of nitrogen functional groups attached to an aromatic ring is 1. The molecule has 1 aromatic carbocycles. The average molecular weight is 355 g/mol. The third kappa shape index (κ3) is 3.90. The highest BCUT2D eigenvalue weighted by Gasteiger charge is 2.23. The summed E-state index contributed by atoms with van der Waals surface area (Å²) in [5, 5.41) is 9.92. The standard InChI is InChI=1S/C15H16ClFN4O3/c1-6(8-4-5-9(16)12(18)11(8)17)21-13(15(23)24-3)10(7(2)22)14(19)20/h4-5,21H,1,18H2,2-3H3,(H3,19,20). The number of hydrogen-bond donors (Lipinski definition) is 4. The van der Waals surface area contributed by atoms with E-state index >= 15 is 0 Å². The van der Waals surface area contributed by atoms with Crippen LogP contribution in [0, 0.1) is 11.2 Å². The molecule has 0 bridgehead atoms. The predicted octanol–water partition coefficient (Wildman–Crippen LogP) is 1.57. The molecule has 0 heterocycles. The van der Waals surface area contributed by atoms with Crippen molar-refractivity contribution in [3.63, 3.8) is 0 Å². The summed E-state index contributed by atoms with van der Waals surface area (Å²) in [6.45, 7) is 4.72. The predicted molar refractivity (Wildman–Crippen MR) is 89.6 cm³/mol. The molecule has 1 rings (SSSR count). The number of Topliss-reactive ketones (excluding diaryl/α,β-unsaturated/α-hetero) is 1. The van der Waals surface area contributed by atoms with Crippen LogP contribution in [-0.2, 0) is 14.3 Å². The molecule has 128 valence electrons. The van der Waals surface area contributed by atoms with Gasteiger partial charge >= 0.3 is 5.97 Å². The second-order valence-electron chi connectivity index (χ2n) is 4.64. The van der Waals surface area contributed by atoms with Crippen molar-refractivity contribution in [1.29, 1.82) is 5.41 Å². The maximum absolute atomic E-state index is 14.2. The largest absolute Gasteiger partial charge is 0.464 e. The number of nitrogens with two attached hydrogens (primary N) is 2. The third-order valence-corrected chi connectivity index (χ3v) is 3.32. The topological polar surface area (TPSA) is 131 Å². The molecule has 0 unspecified atom stereocenters. The van der Waals surface area contributed by atoms with Crippen molar-refractivity contribution in [2.24, 2.45) is 5.73 Å². The van der Waals surface area contributed by atoms with Gasteiger partial charge in [-0.25, -0.2) is 9.18 Å². The van der Waals surface area contributed by atoms with E-state index in [1.807, 2.05) is 0 Å². The smallest absolute Gasteiger partial charge is 0.355 e. The van der Waals surface area contributed by atoms with Crippen LogP contribution in [0.3, 0.4) is 0 Å². The van der Waals surface area contributed by atoms with E-state index in [-0.39, 0.29) is 22.0 Å². The second-order valence-corrected chi connectivity index (χ2v) is 5.04. The van der Waals surface area contributed by atoms with Crippen molar-refractivity contribution in [1.82, 2.24) is 5.32 Å². The van der Waals surface area contributed by atoms with Gasteiger partial charge in [0, 0.05) is 11.3 Å². The van der Waals surface area contributed by atoms with Crippen molar-refractivity contribution in [2.45, 2.75) is 6.92 Å². The Morgan fingerprint density at radius 3 is 2.46 bits per heavy atom. The Hall–Kier alpha value is -2.87. The number of nitrogens with one attached hydrogen (secondary N) is 2. The van der Waals surface area contributed by atoms with Gasteiger partial charge in [0.2, 0.25) is 0 Å². The van der Waals surface area contributed by atoms with Crippen LogP contribution in [0.15, 0.2) is 30.0 Å². The molecule has 0 spiro atoms. The number of carbonyl (C=O) groups is 2. The lowest BCUT2D eigenvalue weighted by Crippen LogP contribution is -2.30. The Kier molecular flexibility index (Phi) is 6.07. The number of ether oxygens (including phenoxy) is 1. The minimum atomic E-state index is -0.973. The van der Waals surface area contributed by atoms with E-state index in [0.717, 1.165) is 14.0 Å². The van der Waals surface area contributed by atoms with Gasteiger partial charge in [0.1, 0.15) is 11.5 Å². The number of hydrogen-bond acceptors (Lipinski definition) is 6. The number of rotatable bonds is 6. The summed E-state index contributed by atoms with van der Waals surface area (Å²) in [6.07, 6.45) is 0. The molecule has 0 radical (unpaired) electrons. The van der Waals surface area contributed by atoms with E-state index in [1.54, 1.807) is 0 Å². The zero-order chi connectivity index (χ0) is 18.6. The Labute approximate surface area is 142 Å². The lowest BCUT2D eigenvalue weighted by atomic mass is 10.1. The van der Waals surface area contributed by atoms with Gasteiger partial charge in [-0.1, -0.05) is 18.2 Å². The summed E-state index contributed by atoms with van der Waals surface area (Å²) in [6, 6.07) is 2.64. The number of benzene rings is 1. The molecular weight excluding hydrogens is 339 g/mol. The van der Waals surface area contributed by atoms with Crippen molar-refractivity contribution in [3.05, 3.63) is 46.4 Å². The Bertz CT molecular complexity index is 758. The van der Waals surface area contributed by atoms with E-state index < -0.39 is 34.7 Å².